The average Bonchev–Trinajstić information content (AvgIpc) is 2.61. The fraction of sp³-hybridized carbons (Fsp3) is 0.158. The molecule has 124 valence electrons. The fourth-order valence-corrected chi connectivity index (χ4v) is 2.15. The summed E-state index contributed by atoms with van der Waals surface area (Å²) in [6, 6.07) is 18.5. The quantitative estimate of drug-likeness (QED) is 0.382. The van der Waals surface area contributed by atoms with Gasteiger partial charge in [0.05, 0.1) is 7.11 Å². The Labute approximate surface area is 140 Å². The van der Waals surface area contributed by atoms with Crippen molar-refractivity contribution in [2.24, 2.45) is 5.73 Å². The standard InChI is InChI=1S/C19H19NO4/c1-23-18(21)17(16(20)12-14-8-4-2-5-9-14)19(22)24-13-15-10-6-3-7-11-15/h2-11H,12-13,20H2,1H3/b17-16-. The van der Waals surface area contributed by atoms with Crippen molar-refractivity contribution in [2.75, 3.05) is 7.11 Å². The molecule has 0 unspecified atom stereocenters. The molecule has 5 nitrogen and oxygen atoms in total. The van der Waals surface area contributed by atoms with E-state index in [4.69, 9.17) is 10.5 Å². The minimum Gasteiger partial charge on any atom is -0.465 e. The van der Waals surface area contributed by atoms with Crippen molar-refractivity contribution in [3.8, 4) is 0 Å². The maximum atomic E-state index is 12.3. The minimum absolute atomic E-state index is 0.0543. The molecule has 0 aliphatic heterocycles. The molecule has 0 fully saturated rings. The number of methoxy groups -OCH3 is 1. The van der Waals surface area contributed by atoms with E-state index in [9.17, 15) is 9.59 Å². The van der Waals surface area contributed by atoms with Gasteiger partial charge >= 0.3 is 11.9 Å². The summed E-state index contributed by atoms with van der Waals surface area (Å²) in [7, 11) is 1.20. The molecule has 2 aromatic carbocycles. The molecule has 24 heavy (non-hydrogen) atoms. The Hall–Kier alpha value is -3.08. The number of benzene rings is 2. The first kappa shape index (κ1) is 17.3. The average molecular weight is 325 g/mol. The molecule has 0 saturated carbocycles. The summed E-state index contributed by atoms with van der Waals surface area (Å²) in [5, 5.41) is 0. The van der Waals surface area contributed by atoms with Crippen LogP contribution < -0.4 is 5.73 Å². The molecule has 0 spiro atoms. The minimum atomic E-state index is -0.804. The number of hydrogen-bond donors (Lipinski definition) is 1. The molecule has 0 aliphatic carbocycles. The second-order valence-corrected chi connectivity index (χ2v) is 5.12. The SMILES string of the molecule is COC(=O)/C(C(=O)OCc1ccccc1)=C(/N)Cc1ccccc1. The molecular weight excluding hydrogens is 306 g/mol. The molecule has 0 amide bonds. The topological polar surface area (TPSA) is 78.6 Å². The molecule has 2 rings (SSSR count). The van der Waals surface area contributed by atoms with Crippen molar-refractivity contribution < 1.29 is 19.1 Å². The van der Waals surface area contributed by atoms with Crippen molar-refractivity contribution in [1.82, 2.24) is 0 Å². The summed E-state index contributed by atoms with van der Waals surface area (Å²) in [5.74, 6) is -1.60. The van der Waals surface area contributed by atoms with Crippen LogP contribution in [-0.2, 0) is 32.1 Å². The first-order chi connectivity index (χ1) is 11.6. The lowest BCUT2D eigenvalue weighted by atomic mass is 10.1. The van der Waals surface area contributed by atoms with Gasteiger partial charge in [-0.1, -0.05) is 60.7 Å². The largest absolute Gasteiger partial charge is 0.465 e. The van der Waals surface area contributed by atoms with Gasteiger partial charge in [-0.3, -0.25) is 0 Å². The Bertz CT molecular complexity index is 724. The van der Waals surface area contributed by atoms with Gasteiger partial charge in [0.2, 0.25) is 0 Å². The lowest BCUT2D eigenvalue weighted by Gasteiger charge is -2.11. The molecule has 0 radical (unpaired) electrons. The van der Waals surface area contributed by atoms with Gasteiger partial charge in [-0.05, 0) is 11.1 Å². The summed E-state index contributed by atoms with van der Waals surface area (Å²) in [6.07, 6.45) is 0.256. The number of nitrogens with two attached hydrogens (primary N) is 1. The van der Waals surface area contributed by atoms with Gasteiger partial charge in [-0.15, -0.1) is 0 Å². The van der Waals surface area contributed by atoms with Gasteiger partial charge in [0, 0.05) is 12.1 Å². The molecule has 0 aliphatic rings. The van der Waals surface area contributed by atoms with E-state index in [1.54, 1.807) is 0 Å². The number of hydrogen-bond acceptors (Lipinski definition) is 5. The first-order valence-electron chi connectivity index (χ1n) is 7.43. The van der Waals surface area contributed by atoms with Crippen LogP contribution in [0.5, 0.6) is 0 Å². The van der Waals surface area contributed by atoms with E-state index in [0.717, 1.165) is 11.1 Å². The number of carbonyl (C=O) groups excluding carboxylic acids is 2. The summed E-state index contributed by atoms with van der Waals surface area (Å²) in [4.78, 5) is 24.2. The van der Waals surface area contributed by atoms with E-state index < -0.39 is 11.9 Å². The first-order valence-corrected chi connectivity index (χ1v) is 7.43. The Kier molecular flexibility index (Phi) is 6.14. The lowest BCUT2D eigenvalue weighted by Crippen LogP contribution is -2.23. The summed E-state index contributed by atoms with van der Waals surface area (Å²) in [6.45, 7) is 0.0543. The maximum absolute atomic E-state index is 12.3. The van der Waals surface area contributed by atoms with Crippen LogP contribution in [0.25, 0.3) is 0 Å². The summed E-state index contributed by atoms with van der Waals surface area (Å²) >= 11 is 0. The van der Waals surface area contributed by atoms with Gasteiger partial charge in [-0.2, -0.15) is 0 Å². The zero-order valence-electron chi connectivity index (χ0n) is 13.4. The molecular formula is C19H19NO4. The second kappa shape index (κ2) is 8.53. The van der Waals surface area contributed by atoms with Gasteiger partial charge < -0.3 is 15.2 Å². The van der Waals surface area contributed by atoms with Gasteiger partial charge in [0.15, 0.2) is 5.57 Å². The molecule has 0 aromatic heterocycles. The number of ether oxygens (including phenoxy) is 2. The van der Waals surface area contributed by atoms with E-state index in [1.807, 2.05) is 60.7 Å². The van der Waals surface area contributed by atoms with Crippen LogP contribution in [0.3, 0.4) is 0 Å². The smallest absolute Gasteiger partial charge is 0.347 e. The summed E-state index contributed by atoms with van der Waals surface area (Å²) in [5.41, 5.74) is 7.52. The highest BCUT2D eigenvalue weighted by Crippen LogP contribution is 2.12. The highest BCUT2D eigenvalue weighted by molar-refractivity contribution is 6.14. The van der Waals surface area contributed by atoms with Crippen molar-refractivity contribution in [3.05, 3.63) is 83.1 Å². The fourth-order valence-electron chi connectivity index (χ4n) is 2.15. The van der Waals surface area contributed by atoms with Gasteiger partial charge in [0.1, 0.15) is 6.61 Å². The molecule has 0 atom stereocenters. The van der Waals surface area contributed by atoms with Crippen LogP contribution in [0.15, 0.2) is 71.9 Å². The third-order valence-electron chi connectivity index (χ3n) is 3.36. The van der Waals surface area contributed by atoms with Crippen molar-refractivity contribution in [2.45, 2.75) is 13.0 Å². The molecule has 2 N–H and O–H groups in total. The lowest BCUT2D eigenvalue weighted by molar-refractivity contribution is -0.146. The van der Waals surface area contributed by atoms with Crippen LogP contribution in [0, 0.1) is 0 Å². The highest BCUT2D eigenvalue weighted by Gasteiger charge is 2.24. The predicted octanol–water partition coefficient (Wildman–Crippen LogP) is 2.36. The van der Waals surface area contributed by atoms with E-state index in [-0.39, 0.29) is 24.3 Å². The molecule has 0 heterocycles. The summed E-state index contributed by atoms with van der Waals surface area (Å²) < 4.78 is 9.86. The van der Waals surface area contributed by atoms with Crippen molar-refractivity contribution in [1.29, 1.82) is 0 Å². The second-order valence-electron chi connectivity index (χ2n) is 5.12. The normalized spacial score (nSPS) is 11.4. The number of esters is 2. The monoisotopic (exact) mass is 325 g/mol. The van der Waals surface area contributed by atoms with Crippen LogP contribution in [0.4, 0.5) is 0 Å². The number of rotatable bonds is 6. The Morgan fingerprint density at radius 3 is 1.96 bits per heavy atom. The Morgan fingerprint density at radius 1 is 0.875 bits per heavy atom. The molecule has 5 heteroatoms. The van der Waals surface area contributed by atoms with Crippen LogP contribution >= 0.6 is 0 Å². The highest BCUT2D eigenvalue weighted by atomic mass is 16.5. The molecule has 0 saturated heterocycles. The van der Waals surface area contributed by atoms with Crippen LogP contribution in [0.1, 0.15) is 11.1 Å². The van der Waals surface area contributed by atoms with Crippen LogP contribution in [0.2, 0.25) is 0 Å². The molecule has 2 aromatic rings. The van der Waals surface area contributed by atoms with E-state index in [1.165, 1.54) is 7.11 Å². The van der Waals surface area contributed by atoms with Crippen LogP contribution in [-0.4, -0.2) is 19.0 Å². The van der Waals surface area contributed by atoms with E-state index >= 15 is 0 Å². The molecule has 0 bridgehead atoms. The van der Waals surface area contributed by atoms with E-state index in [2.05, 4.69) is 4.74 Å². The van der Waals surface area contributed by atoms with Crippen molar-refractivity contribution in [3.63, 3.8) is 0 Å². The number of carbonyl (C=O) groups is 2. The predicted molar refractivity (Wildman–Crippen MR) is 89.6 cm³/mol. The maximum Gasteiger partial charge on any atom is 0.347 e. The Balaban J connectivity index is 2.16. The zero-order valence-corrected chi connectivity index (χ0v) is 13.4. The van der Waals surface area contributed by atoms with E-state index in [0.29, 0.717) is 0 Å². The Morgan fingerprint density at radius 2 is 1.42 bits per heavy atom. The number of allylic oxidation sites excluding steroid dienone is 1. The van der Waals surface area contributed by atoms with Gasteiger partial charge in [0.25, 0.3) is 0 Å². The van der Waals surface area contributed by atoms with Crippen molar-refractivity contribution >= 4 is 11.9 Å². The third kappa shape index (κ3) is 4.71. The zero-order chi connectivity index (χ0) is 17.4. The third-order valence-corrected chi connectivity index (χ3v) is 3.36. The van der Waals surface area contributed by atoms with Gasteiger partial charge in [-0.25, -0.2) is 9.59 Å².